The topological polar surface area (TPSA) is 59.0 Å². The Labute approximate surface area is 106 Å². The monoisotopic (exact) mass is 251 g/mol. The normalized spacial score (nSPS) is 18.9. The van der Waals surface area contributed by atoms with Crippen LogP contribution in [-0.2, 0) is 4.74 Å². The van der Waals surface area contributed by atoms with Gasteiger partial charge in [-0.1, -0.05) is 12.1 Å². The van der Waals surface area contributed by atoms with Gasteiger partial charge in [-0.15, -0.1) is 0 Å². The molecule has 5 heteroatoms. The molecule has 1 unspecified atom stereocenters. The lowest BCUT2D eigenvalue weighted by Crippen LogP contribution is -2.48. The number of carbonyl (C=O) groups is 1. The molecule has 0 fully saturated rings. The standard InChI is InChI=1S/C13H17NO4/c1-13(2,3)18-12(16)14-9-6-4-5-7-10(9)17-8-11(14)15/h4-7,11,15H,8H2,1-3H3. The second-order valence-corrected chi connectivity index (χ2v) is 5.11. The summed E-state index contributed by atoms with van der Waals surface area (Å²) >= 11 is 0. The molecule has 1 N–H and O–H groups in total. The number of aliphatic hydroxyl groups is 1. The van der Waals surface area contributed by atoms with Crippen LogP contribution in [0.5, 0.6) is 5.75 Å². The van der Waals surface area contributed by atoms with E-state index in [1.807, 2.05) is 6.07 Å². The van der Waals surface area contributed by atoms with Gasteiger partial charge < -0.3 is 14.6 Å². The third kappa shape index (κ3) is 2.56. The number of carbonyl (C=O) groups excluding carboxylic acids is 1. The van der Waals surface area contributed by atoms with Crippen molar-refractivity contribution < 1.29 is 19.4 Å². The number of aliphatic hydroxyl groups excluding tert-OH is 1. The summed E-state index contributed by atoms with van der Waals surface area (Å²) in [5, 5.41) is 9.88. The number of para-hydroxylation sites is 2. The number of nitrogens with zero attached hydrogens (tertiary/aromatic N) is 1. The van der Waals surface area contributed by atoms with Crippen LogP contribution in [0, 0.1) is 0 Å². The zero-order chi connectivity index (χ0) is 13.3. The number of ether oxygens (including phenoxy) is 2. The summed E-state index contributed by atoms with van der Waals surface area (Å²) in [6.07, 6.45) is -1.61. The molecule has 1 aromatic rings. The molecule has 1 heterocycles. The molecule has 1 aliphatic rings. The molecule has 1 atom stereocenters. The van der Waals surface area contributed by atoms with Crippen molar-refractivity contribution in [3.63, 3.8) is 0 Å². The number of hydrogen-bond donors (Lipinski definition) is 1. The Morgan fingerprint density at radius 1 is 1.44 bits per heavy atom. The number of benzene rings is 1. The first-order chi connectivity index (χ1) is 8.38. The van der Waals surface area contributed by atoms with Gasteiger partial charge in [0.25, 0.3) is 0 Å². The van der Waals surface area contributed by atoms with Gasteiger partial charge in [-0.05, 0) is 32.9 Å². The van der Waals surface area contributed by atoms with E-state index in [-0.39, 0.29) is 6.61 Å². The maximum Gasteiger partial charge on any atom is 0.417 e. The average molecular weight is 251 g/mol. The molecule has 2 rings (SSSR count). The lowest BCUT2D eigenvalue weighted by molar-refractivity contribution is 0.0359. The maximum absolute atomic E-state index is 12.1. The molecule has 0 saturated carbocycles. The average Bonchev–Trinajstić information content (AvgIpc) is 2.26. The van der Waals surface area contributed by atoms with Gasteiger partial charge in [0.2, 0.25) is 0 Å². The summed E-state index contributed by atoms with van der Waals surface area (Å²) in [5.74, 6) is 0.564. The van der Waals surface area contributed by atoms with Gasteiger partial charge in [-0.2, -0.15) is 0 Å². The number of anilines is 1. The van der Waals surface area contributed by atoms with Crippen LogP contribution >= 0.6 is 0 Å². The van der Waals surface area contributed by atoms with Crippen molar-refractivity contribution in [2.24, 2.45) is 0 Å². The minimum atomic E-state index is -1.03. The molecular weight excluding hydrogens is 234 g/mol. The van der Waals surface area contributed by atoms with Crippen LogP contribution in [0.2, 0.25) is 0 Å². The third-order valence-corrected chi connectivity index (χ3v) is 2.40. The summed E-state index contributed by atoms with van der Waals surface area (Å²) in [6.45, 7) is 5.38. The van der Waals surface area contributed by atoms with Crippen molar-refractivity contribution in [1.82, 2.24) is 0 Å². The minimum Gasteiger partial charge on any atom is -0.487 e. The Morgan fingerprint density at radius 2 is 2.11 bits per heavy atom. The summed E-state index contributed by atoms with van der Waals surface area (Å²) in [7, 11) is 0. The molecule has 0 radical (unpaired) electrons. The van der Waals surface area contributed by atoms with E-state index in [9.17, 15) is 9.90 Å². The van der Waals surface area contributed by atoms with Gasteiger partial charge >= 0.3 is 6.09 Å². The van der Waals surface area contributed by atoms with Crippen LogP contribution in [0.4, 0.5) is 10.5 Å². The predicted molar refractivity (Wildman–Crippen MR) is 66.7 cm³/mol. The van der Waals surface area contributed by atoms with Gasteiger partial charge in [0.1, 0.15) is 18.0 Å². The van der Waals surface area contributed by atoms with Gasteiger partial charge in [-0.3, -0.25) is 0 Å². The van der Waals surface area contributed by atoms with Crippen LogP contribution in [0.25, 0.3) is 0 Å². The Morgan fingerprint density at radius 3 is 2.78 bits per heavy atom. The lowest BCUT2D eigenvalue weighted by Gasteiger charge is -2.34. The SMILES string of the molecule is CC(C)(C)OC(=O)N1c2ccccc2OCC1O. The van der Waals surface area contributed by atoms with E-state index in [1.165, 1.54) is 4.90 Å². The summed E-state index contributed by atoms with van der Waals surface area (Å²) in [4.78, 5) is 13.3. The molecule has 1 aromatic carbocycles. The van der Waals surface area contributed by atoms with E-state index in [0.29, 0.717) is 11.4 Å². The maximum atomic E-state index is 12.1. The molecule has 18 heavy (non-hydrogen) atoms. The number of rotatable bonds is 0. The molecule has 1 amide bonds. The van der Waals surface area contributed by atoms with Crippen LogP contribution in [-0.4, -0.2) is 29.6 Å². The van der Waals surface area contributed by atoms with Crippen molar-refractivity contribution in [1.29, 1.82) is 0 Å². The zero-order valence-corrected chi connectivity index (χ0v) is 10.7. The smallest absolute Gasteiger partial charge is 0.417 e. The highest BCUT2D eigenvalue weighted by Crippen LogP contribution is 2.33. The van der Waals surface area contributed by atoms with Gasteiger partial charge in [0.05, 0.1) is 5.69 Å². The van der Waals surface area contributed by atoms with Crippen molar-refractivity contribution >= 4 is 11.8 Å². The van der Waals surface area contributed by atoms with Gasteiger partial charge in [0, 0.05) is 0 Å². The minimum absolute atomic E-state index is 0.0380. The molecule has 1 aliphatic heterocycles. The second kappa shape index (κ2) is 4.49. The van der Waals surface area contributed by atoms with Crippen LogP contribution in [0.15, 0.2) is 24.3 Å². The Bertz CT molecular complexity index is 453. The first-order valence-electron chi connectivity index (χ1n) is 5.80. The molecule has 0 saturated heterocycles. The Balaban J connectivity index is 2.29. The van der Waals surface area contributed by atoms with E-state index in [0.717, 1.165) is 0 Å². The number of fused-ring (bicyclic) bond motifs is 1. The van der Waals surface area contributed by atoms with E-state index < -0.39 is 17.9 Å². The van der Waals surface area contributed by atoms with Crippen LogP contribution in [0.3, 0.4) is 0 Å². The summed E-state index contributed by atoms with van der Waals surface area (Å²) in [5.41, 5.74) is -0.0881. The summed E-state index contributed by atoms with van der Waals surface area (Å²) in [6, 6.07) is 7.04. The highest BCUT2D eigenvalue weighted by molar-refractivity contribution is 5.90. The largest absolute Gasteiger partial charge is 0.487 e. The van der Waals surface area contributed by atoms with Crippen molar-refractivity contribution in [2.45, 2.75) is 32.6 Å². The highest BCUT2D eigenvalue weighted by atomic mass is 16.6. The number of amides is 1. The van der Waals surface area contributed by atoms with Crippen molar-refractivity contribution in [3.05, 3.63) is 24.3 Å². The molecule has 0 bridgehead atoms. The van der Waals surface area contributed by atoms with Crippen molar-refractivity contribution in [3.8, 4) is 5.75 Å². The van der Waals surface area contributed by atoms with Crippen molar-refractivity contribution in [2.75, 3.05) is 11.5 Å². The molecule has 5 nitrogen and oxygen atoms in total. The fourth-order valence-corrected chi connectivity index (χ4v) is 1.71. The van der Waals surface area contributed by atoms with Gasteiger partial charge in [-0.25, -0.2) is 9.69 Å². The van der Waals surface area contributed by atoms with Gasteiger partial charge in [0.15, 0.2) is 6.23 Å². The summed E-state index contributed by atoms with van der Waals surface area (Å²) < 4.78 is 10.6. The first-order valence-corrected chi connectivity index (χ1v) is 5.80. The molecule has 0 spiro atoms. The Kier molecular flexibility index (Phi) is 3.17. The van der Waals surface area contributed by atoms with E-state index >= 15 is 0 Å². The lowest BCUT2D eigenvalue weighted by atomic mass is 10.2. The second-order valence-electron chi connectivity index (χ2n) is 5.11. The highest BCUT2D eigenvalue weighted by Gasteiger charge is 2.33. The zero-order valence-electron chi connectivity index (χ0n) is 10.7. The van der Waals surface area contributed by atoms with E-state index in [1.54, 1.807) is 39.0 Å². The number of hydrogen-bond acceptors (Lipinski definition) is 4. The molecule has 0 aromatic heterocycles. The third-order valence-electron chi connectivity index (χ3n) is 2.40. The quantitative estimate of drug-likeness (QED) is 0.767. The van der Waals surface area contributed by atoms with E-state index in [2.05, 4.69) is 0 Å². The molecule has 0 aliphatic carbocycles. The first kappa shape index (κ1) is 12.7. The van der Waals surface area contributed by atoms with E-state index in [4.69, 9.17) is 9.47 Å². The fourth-order valence-electron chi connectivity index (χ4n) is 1.71. The molecule has 98 valence electrons. The van der Waals surface area contributed by atoms with Crippen LogP contribution in [0.1, 0.15) is 20.8 Å². The predicted octanol–water partition coefficient (Wildman–Crippen LogP) is 2.14. The Hall–Kier alpha value is -1.75. The van der Waals surface area contributed by atoms with Crippen LogP contribution < -0.4 is 9.64 Å². The molecular formula is C13H17NO4. The fraction of sp³-hybridized carbons (Fsp3) is 0.462.